The standard InChI is InChI=1S/C8H16NO3P/c1-4-11-13(10,12-5-2)7-8(3)6-9/h8H,4-5,7H2,1-3H3. The van der Waals surface area contributed by atoms with Gasteiger partial charge >= 0.3 is 7.60 Å². The van der Waals surface area contributed by atoms with Gasteiger partial charge in [-0.15, -0.1) is 0 Å². The van der Waals surface area contributed by atoms with Gasteiger partial charge in [-0.05, 0) is 20.8 Å². The summed E-state index contributed by atoms with van der Waals surface area (Å²) in [7, 11) is -3.01. The second kappa shape index (κ2) is 6.15. The van der Waals surface area contributed by atoms with Crippen LogP contribution in [-0.2, 0) is 13.6 Å². The molecule has 0 saturated heterocycles. The van der Waals surface area contributed by atoms with E-state index in [9.17, 15) is 4.57 Å². The van der Waals surface area contributed by atoms with Gasteiger partial charge in [0.1, 0.15) is 0 Å². The van der Waals surface area contributed by atoms with E-state index in [2.05, 4.69) is 0 Å². The summed E-state index contributed by atoms with van der Waals surface area (Å²) in [5.74, 6) is -0.302. The highest BCUT2D eigenvalue weighted by Gasteiger charge is 2.26. The van der Waals surface area contributed by atoms with Crippen LogP contribution >= 0.6 is 7.60 Å². The van der Waals surface area contributed by atoms with E-state index in [0.717, 1.165) is 0 Å². The summed E-state index contributed by atoms with van der Waals surface area (Å²) in [6.45, 7) is 5.89. The topological polar surface area (TPSA) is 59.3 Å². The van der Waals surface area contributed by atoms with Gasteiger partial charge in [-0.3, -0.25) is 4.57 Å². The number of hydrogen-bond acceptors (Lipinski definition) is 4. The van der Waals surface area contributed by atoms with E-state index in [1.54, 1.807) is 20.8 Å². The van der Waals surface area contributed by atoms with Gasteiger partial charge in [-0.25, -0.2) is 0 Å². The van der Waals surface area contributed by atoms with Crippen LogP contribution < -0.4 is 0 Å². The highest BCUT2D eigenvalue weighted by Crippen LogP contribution is 2.49. The van der Waals surface area contributed by atoms with Crippen molar-refractivity contribution >= 4 is 7.60 Å². The third-order valence-electron chi connectivity index (χ3n) is 1.37. The quantitative estimate of drug-likeness (QED) is 0.625. The molecule has 0 aliphatic heterocycles. The molecule has 0 radical (unpaired) electrons. The molecule has 0 aromatic carbocycles. The van der Waals surface area contributed by atoms with Crippen molar-refractivity contribution in [3.05, 3.63) is 0 Å². The van der Waals surface area contributed by atoms with E-state index < -0.39 is 7.60 Å². The Labute approximate surface area is 79.4 Å². The predicted molar refractivity (Wildman–Crippen MR) is 50.5 cm³/mol. The molecule has 4 nitrogen and oxygen atoms in total. The molecule has 0 fully saturated rings. The summed E-state index contributed by atoms with van der Waals surface area (Å²) >= 11 is 0. The Morgan fingerprint density at radius 1 is 1.38 bits per heavy atom. The van der Waals surface area contributed by atoms with E-state index in [-0.39, 0.29) is 12.1 Å². The highest BCUT2D eigenvalue weighted by atomic mass is 31.2. The van der Waals surface area contributed by atoms with Crippen molar-refractivity contribution in [1.82, 2.24) is 0 Å². The molecule has 5 heteroatoms. The van der Waals surface area contributed by atoms with Gasteiger partial charge in [0.15, 0.2) is 0 Å². The number of rotatable bonds is 6. The molecular formula is C8H16NO3P. The summed E-state index contributed by atoms with van der Waals surface area (Å²) in [6.07, 6.45) is 0.172. The van der Waals surface area contributed by atoms with Crippen LogP contribution in [0.1, 0.15) is 20.8 Å². The van der Waals surface area contributed by atoms with Gasteiger partial charge in [-0.1, -0.05) is 0 Å². The molecule has 0 aromatic rings. The van der Waals surface area contributed by atoms with E-state index >= 15 is 0 Å². The minimum Gasteiger partial charge on any atom is -0.309 e. The molecule has 1 atom stereocenters. The molecular weight excluding hydrogens is 189 g/mol. The molecule has 0 aromatic heterocycles. The summed E-state index contributed by atoms with van der Waals surface area (Å²) in [6, 6.07) is 2.01. The van der Waals surface area contributed by atoms with E-state index in [4.69, 9.17) is 14.3 Å². The zero-order valence-electron chi connectivity index (χ0n) is 8.32. The van der Waals surface area contributed by atoms with Crippen LogP contribution in [0.4, 0.5) is 0 Å². The molecule has 0 aliphatic carbocycles. The molecule has 1 unspecified atom stereocenters. The lowest BCUT2D eigenvalue weighted by Crippen LogP contribution is -2.05. The number of nitrogens with zero attached hydrogens (tertiary/aromatic N) is 1. The molecule has 0 bridgehead atoms. The minimum atomic E-state index is -3.01. The van der Waals surface area contributed by atoms with Gasteiger partial charge < -0.3 is 9.05 Å². The lowest BCUT2D eigenvalue weighted by molar-refractivity contribution is 0.218. The third kappa shape index (κ3) is 5.05. The van der Waals surface area contributed by atoms with Crippen molar-refractivity contribution in [2.75, 3.05) is 19.4 Å². The summed E-state index contributed by atoms with van der Waals surface area (Å²) in [4.78, 5) is 0. The summed E-state index contributed by atoms with van der Waals surface area (Å²) < 4.78 is 21.8. The highest BCUT2D eigenvalue weighted by molar-refractivity contribution is 7.53. The van der Waals surface area contributed by atoms with E-state index in [0.29, 0.717) is 13.2 Å². The molecule has 0 rings (SSSR count). The lowest BCUT2D eigenvalue weighted by Gasteiger charge is -2.17. The second-order valence-corrected chi connectivity index (χ2v) is 4.76. The van der Waals surface area contributed by atoms with Crippen molar-refractivity contribution in [3.8, 4) is 6.07 Å². The normalized spacial score (nSPS) is 13.7. The van der Waals surface area contributed by atoms with Crippen LogP contribution in [0, 0.1) is 17.2 Å². The average molecular weight is 205 g/mol. The van der Waals surface area contributed by atoms with Gasteiger partial charge in [0.25, 0.3) is 0 Å². The van der Waals surface area contributed by atoms with Gasteiger partial charge in [0, 0.05) is 0 Å². The monoisotopic (exact) mass is 205 g/mol. The fraction of sp³-hybridized carbons (Fsp3) is 0.875. The van der Waals surface area contributed by atoms with Crippen molar-refractivity contribution < 1.29 is 13.6 Å². The summed E-state index contributed by atoms with van der Waals surface area (Å²) in [5, 5.41) is 8.55. The van der Waals surface area contributed by atoms with Crippen molar-refractivity contribution in [2.24, 2.45) is 5.92 Å². The molecule has 0 N–H and O–H groups in total. The third-order valence-corrected chi connectivity index (χ3v) is 3.67. The summed E-state index contributed by atoms with van der Waals surface area (Å²) in [5.41, 5.74) is 0. The molecule has 0 heterocycles. The average Bonchev–Trinajstić information content (AvgIpc) is 2.04. The maximum atomic E-state index is 11.8. The number of nitriles is 1. The van der Waals surface area contributed by atoms with Crippen LogP contribution in [0.25, 0.3) is 0 Å². The Balaban J connectivity index is 4.25. The maximum Gasteiger partial charge on any atom is 0.331 e. The van der Waals surface area contributed by atoms with Crippen molar-refractivity contribution in [3.63, 3.8) is 0 Å². The van der Waals surface area contributed by atoms with Crippen LogP contribution in [0.5, 0.6) is 0 Å². The van der Waals surface area contributed by atoms with Crippen LogP contribution in [0.15, 0.2) is 0 Å². The van der Waals surface area contributed by atoms with Gasteiger partial charge in [0.2, 0.25) is 0 Å². The lowest BCUT2D eigenvalue weighted by atomic mass is 10.3. The fourth-order valence-corrected chi connectivity index (χ4v) is 2.74. The Kier molecular flexibility index (Phi) is 5.98. The minimum absolute atomic E-state index is 0.172. The Morgan fingerprint density at radius 3 is 2.15 bits per heavy atom. The van der Waals surface area contributed by atoms with E-state index in [1.807, 2.05) is 6.07 Å². The van der Waals surface area contributed by atoms with Crippen molar-refractivity contribution in [1.29, 1.82) is 5.26 Å². The molecule has 0 spiro atoms. The Morgan fingerprint density at radius 2 is 1.85 bits per heavy atom. The van der Waals surface area contributed by atoms with Crippen molar-refractivity contribution in [2.45, 2.75) is 20.8 Å². The van der Waals surface area contributed by atoms with Gasteiger partial charge in [0.05, 0.1) is 31.4 Å². The van der Waals surface area contributed by atoms with Gasteiger partial charge in [-0.2, -0.15) is 5.26 Å². The van der Waals surface area contributed by atoms with Crippen LogP contribution in [0.2, 0.25) is 0 Å². The SMILES string of the molecule is CCOP(=O)(CC(C)C#N)OCC. The zero-order valence-corrected chi connectivity index (χ0v) is 9.21. The molecule has 0 aliphatic rings. The van der Waals surface area contributed by atoms with E-state index in [1.165, 1.54) is 0 Å². The molecule has 0 saturated carbocycles. The first-order valence-electron chi connectivity index (χ1n) is 4.35. The Hall–Kier alpha value is -0.360. The first-order valence-corrected chi connectivity index (χ1v) is 6.08. The smallest absolute Gasteiger partial charge is 0.309 e. The molecule has 13 heavy (non-hydrogen) atoms. The first-order chi connectivity index (χ1) is 6.08. The largest absolute Gasteiger partial charge is 0.331 e. The Bertz CT molecular complexity index is 214. The molecule has 76 valence electrons. The van der Waals surface area contributed by atoms with Crippen LogP contribution in [0.3, 0.4) is 0 Å². The van der Waals surface area contributed by atoms with Crippen LogP contribution in [-0.4, -0.2) is 19.4 Å². The first kappa shape index (κ1) is 12.6. The fourth-order valence-electron chi connectivity index (χ4n) is 0.912. The maximum absolute atomic E-state index is 11.8. The number of hydrogen-bond donors (Lipinski definition) is 0. The molecule has 0 amide bonds. The zero-order chi connectivity index (χ0) is 10.3. The second-order valence-electron chi connectivity index (χ2n) is 2.66. The predicted octanol–water partition coefficient (Wildman–Crippen LogP) is 2.41.